The highest BCUT2D eigenvalue weighted by Gasteiger charge is 2.11. The van der Waals surface area contributed by atoms with Crippen LogP contribution >= 0.6 is 0 Å². The first-order valence-electron chi connectivity index (χ1n) is 8.52. The van der Waals surface area contributed by atoms with Crippen molar-refractivity contribution in [2.75, 3.05) is 5.32 Å². The van der Waals surface area contributed by atoms with Gasteiger partial charge < -0.3 is 9.88 Å². The van der Waals surface area contributed by atoms with E-state index in [2.05, 4.69) is 25.5 Å². The Bertz CT molecular complexity index is 1160. The predicted molar refractivity (Wildman–Crippen MR) is 103 cm³/mol. The molecule has 27 heavy (non-hydrogen) atoms. The summed E-state index contributed by atoms with van der Waals surface area (Å²) < 4.78 is 1.83. The minimum Gasteiger partial charge on any atom is -0.322 e. The fourth-order valence-electron chi connectivity index (χ4n) is 2.86. The van der Waals surface area contributed by atoms with Crippen molar-refractivity contribution in [1.82, 2.24) is 24.7 Å². The van der Waals surface area contributed by atoms with Gasteiger partial charge in [0.2, 0.25) is 0 Å². The van der Waals surface area contributed by atoms with Crippen molar-refractivity contribution in [3.05, 3.63) is 65.7 Å². The summed E-state index contributed by atoms with van der Waals surface area (Å²) in [5.74, 6) is 0.532. The number of carbonyl (C=O) groups is 1. The zero-order valence-corrected chi connectivity index (χ0v) is 15.3. The molecular formula is C20H18N6O. The van der Waals surface area contributed by atoms with Crippen molar-refractivity contribution < 1.29 is 4.79 Å². The minimum absolute atomic E-state index is 0.202. The van der Waals surface area contributed by atoms with E-state index < -0.39 is 0 Å². The molecule has 0 bridgehead atoms. The zero-order chi connectivity index (χ0) is 19.0. The molecule has 2 aromatic heterocycles. The molecule has 1 N–H and O–H groups in total. The third kappa shape index (κ3) is 3.27. The van der Waals surface area contributed by atoms with Gasteiger partial charge in [-0.1, -0.05) is 12.1 Å². The van der Waals surface area contributed by atoms with Gasteiger partial charge in [0, 0.05) is 23.9 Å². The van der Waals surface area contributed by atoms with Gasteiger partial charge in [0.1, 0.15) is 6.33 Å². The Hall–Kier alpha value is -3.61. The van der Waals surface area contributed by atoms with Crippen LogP contribution in [0.4, 0.5) is 5.69 Å². The van der Waals surface area contributed by atoms with Crippen molar-refractivity contribution in [2.45, 2.75) is 13.8 Å². The largest absolute Gasteiger partial charge is 0.322 e. The summed E-state index contributed by atoms with van der Waals surface area (Å²) in [6, 6.07) is 12.8. The van der Waals surface area contributed by atoms with Crippen LogP contribution in [0.5, 0.6) is 0 Å². The van der Waals surface area contributed by atoms with Gasteiger partial charge in [0.15, 0.2) is 5.82 Å². The maximum atomic E-state index is 12.7. The summed E-state index contributed by atoms with van der Waals surface area (Å²) in [7, 11) is 1.88. The van der Waals surface area contributed by atoms with E-state index in [1.165, 1.54) is 0 Å². The molecule has 0 fully saturated rings. The lowest BCUT2D eigenvalue weighted by Crippen LogP contribution is -2.12. The molecule has 2 aromatic carbocycles. The number of nitrogens with one attached hydrogen (secondary N) is 1. The average molecular weight is 358 g/mol. The van der Waals surface area contributed by atoms with Gasteiger partial charge in [-0.15, -0.1) is 10.2 Å². The van der Waals surface area contributed by atoms with Crippen LogP contribution in [0.1, 0.15) is 21.7 Å². The molecule has 0 aliphatic carbocycles. The third-order valence-corrected chi connectivity index (χ3v) is 4.43. The van der Waals surface area contributed by atoms with Gasteiger partial charge in [0.25, 0.3) is 5.91 Å². The second-order valence-electron chi connectivity index (χ2n) is 6.40. The van der Waals surface area contributed by atoms with Gasteiger partial charge in [-0.05, 0) is 44.2 Å². The molecule has 0 saturated heterocycles. The maximum absolute atomic E-state index is 12.7. The normalized spacial score (nSPS) is 10.9. The number of aryl methyl sites for hydroxylation is 3. The van der Waals surface area contributed by atoms with E-state index in [9.17, 15) is 4.79 Å². The smallest absolute Gasteiger partial charge is 0.255 e. The Morgan fingerprint density at radius 3 is 2.52 bits per heavy atom. The number of amides is 1. The van der Waals surface area contributed by atoms with E-state index in [1.54, 1.807) is 18.5 Å². The highest BCUT2D eigenvalue weighted by atomic mass is 16.1. The van der Waals surface area contributed by atoms with E-state index >= 15 is 0 Å². The number of nitrogens with zero attached hydrogens (tertiary/aromatic N) is 5. The predicted octanol–water partition coefficient (Wildman–Crippen LogP) is 3.29. The van der Waals surface area contributed by atoms with E-state index in [4.69, 9.17) is 0 Å². The van der Waals surface area contributed by atoms with Crippen LogP contribution in [0.25, 0.3) is 22.4 Å². The molecule has 4 rings (SSSR count). The maximum Gasteiger partial charge on any atom is 0.255 e. The van der Waals surface area contributed by atoms with Crippen molar-refractivity contribution in [2.24, 2.45) is 7.05 Å². The standard InChI is InChI=1S/C20H18N6O/c1-12-13(2)23-18-10-15(7-8-17(18)22-12)20(27)24-16-6-4-5-14(9-16)19-25-21-11-26(19)3/h4-11H,1-3H3,(H,24,27). The molecule has 0 unspecified atom stereocenters. The number of hydrogen-bond acceptors (Lipinski definition) is 5. The lowest BCUT2D eigenvalue weighted by atomic mass is 10.1. The van der Waals surface area contributed by atoms with Crippen molar-refractivity contribution in [3.8, 4) is 11.4 Å². The number of hydrogen-bond donors (Lipinski definition) is 1. The van der Waals surface area contributed by atoms with Gasteiger partial charge in [0.05, 0.1) is 22.4 Å². The molecule has 1 amide bonds. The van der Waals surface area contributed by atoms with Crippen molar-refractivity contribution >= 4 is 22.6 Å². The number of rotatable bonds is 3. The second-order valence-corrected chi connectivity index (χ2v) is 6.40. The van der Waals surface area contributed by atoms with Crippen LogP contribution in [-0.4, -0.2) is 30.6 Å². The highest BCUT2D eigenvalue weighted by Crippen LogP contribution is 2.21. The fraction of sp³-hybridized carbons (Fsp3) is 0.150. The third-order valence-electron chi connectivity index (χ3n) is 4.43. The topological polar surface area (TPSA) is 85.6 Å². The Labute approximate surface area is 156 Å². The van der Waals surface area contributed by atoms with Crippen LogP contribution in [0, 0.1) is 13.8 Å². The zero-order valence-electron chi connectivity index (χ0n) is 15.3. The van der Waals surface area contributed by atoms with E-state index in [-0.39, 0.29) is 5.91 Å². The molecule has 4 aromatic rings. The number of aromatic nitrogens is 5. The van der Waals surface area contributed by atoms with Crippen LogP contribution < -0.4 is 5.32 Å². The lowest BCUT2D eigenvalue weighted by molar-refractivity contribution is 0.102. The molecule has 0 saturated carbocycles. The van der Waals surface area contributed by atoms with Crippen molar-refractivity contribution in [3.63, 3.8) is 0 Å². The van der Waals surface area contributed by atoms with Crippen LogP contribution in [-0.2, 0) is 7.05 Å². The second kappa shape index (κ2) is 6.60. The number of anilines is 1. The summed E-state index contributed by atoms with van der Waals surface area (Å²) in [6.07, 6.45) is 1.64. The van der Waals surface area contributed by atoms with E-state index in [0.29, 0.717) is 16.8 Å². The molecular weight excluding hydrogens is 340 g/mol. The molecule has 0 atom stereocenters. The SMILES string of the molecule is Cc1nc2ccc(C(=O)Nc3cccc(-c4nncn4C)c3)cc2nc1C. The first-order valence-corrected chi connectivity index (χ1v) is 8.52. The Morgan fingerprint density at radius 2 is 1.78 bits per heavy atom. The Kier molecular flexibility index (Phi) is 4.12. The molecule has 2 heterocycles. The van der Waals surface area contributed by atoms with Crippen LogP contribution in [0.15, 0.2) is 48.8 Å². The van der Waals surface area contributed by atoms with Gasteiger partial charge in [-0.2, -0.15) is 0 Å². The lowest BCUT2D eigenvalue weighted by Gasteiger charge is -2.08. The molecule has 7 heteroatoms. The summed E-state index contributed by atoms with van der Waals surface area (Å²) in [5.41, 5.74) is 5.33. The van der Waals surface area contributed by atoms with Crippen molar-refractivity contribution in [1.29, 1.82) is 0 Å². The monoisotopic (exact) mass is 358 g/mol. The summed E-state index contributed by atoms with van der Waals surface area (Å²) >= 11 is 0. The molecule has 0 radical (unpaired) electrons. The first kappa shape index (κ1) is 16.8. The molecule has 134 valence electrons. The molecule has 0 spiro atoms. The summed E-state index contributed by atoms with van der Waals surface area (Å²) in [5, 5.41) is 10.9. The summed E-state index contributed by atoms with van der Waals surface area (Å²) in [4.78, 5) is 21.7. The Morgan fingerprint density at radius 1 is 1.00 bits per heavy atom. The quantitative estimate of drug-likeness (QED) is 0.607. The van der Waals surface area contributed by atoms with Gasteiger partial charge >= 0.3 is 0 Å². The number of fused-ring (bicyclic) bond motifs is 1. The van der Waals surface area contributed by atoms with E-state index in [0.717, 1.165) is 28.3 Å². The number of carbonyl (C=O) groups excluding carboxylic acids is 1. The number of benzene rings is 2. The fourth-order valence-corrected chi connectivity index (χ4v) is 2.86. The Balaban J connectivity index is 1.62. The van der Waals surface area contributed by atoms with Crippen LogP contribution in [0.3, 0.4) is 0 Å². The molecule has 7 nitrogen and oxygen atoms in total. The minimum atomic E-state index is -0.202. The van der Waals surface area contributed by atoms with E-state index in [1.807, 2.05) is 55.8 Å². The van der Waals surface area contributed by atoms with Crippen LogP contribution in [0.2, 0.25) is 0 Å². The first-order chi connectivity index (χ1) is 13.0. The molecule has 0 aliphatic heterocycles. The average Bonchev–Trinajstić information content (AvgIpc) is 3.08. The molecule has 0 aliphatic rings. The van der Waals surface area contributed by atoms with Gasteiger partial charge in [-0.3, -0.25) is 4.79 Å². The van der Waals surface area contributed by atoms with Gasteiger partial charge in [-0.25, -0.2) is 9.97 Å². The summed E-state index contributed by atoms with van der Waals surface area (Å²) in [6.45, 7) is 3.83. The highest BCUT2D eigenvalue weighted by molar-refractivity contribution is 6.06.